The van der Waals surface area contributed by atoms with Crippen LogP contribution >= 0.6 is 0 Å². The molecule has 0 saturated heterocycles. The van der Waals surface area contributed by atoms with Crippen LogP contribution in [0.4, 0.5) is 8.78 Å². The van der Waals surface area contributed by atoms with Crippen molar-refractivity contribution in [2.45, 2.75) is 6.42 Å². The van der Waals surface area contributed by atoms with E-state index in [1.54, 1.807) is 30.5 Å². The van der Waals surface area contributed by atoms with Gasteiger partial charge in [0.2, 0.25) is 0 Å². The molecule has 4 heteroatoms. The lowest BCUT2D eigenvalue weighted by Gasteiger charge is -1.99. The lowest BCUT2D eigenvalue weighted by atomic mass is 10.1. The first-order valence-corrected chi connectivity index (χ1v) is 6.25. The van der Waals surface area contributed by atoms with E-state index in [0.717, 1.165) is 22.6 Å². The van der Waals surface area contributed by atoms with Crippen LogP contribution in [0.1, 0.15) is 11.4 Å². The molecule has 3 aromatic rings. The van der Waals surface area contributed by atoms with Crippen molar-refractivity contribution in [1.29, 1.82) is 0 Å². The maximum atomic E-state index is 12.9. The van der Waals surface area contributed by atoms with Gasteiger partial charge in [0.25, 0.3) is 0 Å². The fourth-order valence-electron chi connectivity index (χ4n) is 2.02. The summed E-state index contributed by atoms with van der Waals surface area (Å²) in [5.74, 6) is 0.274. The Balaban J connectivity index is 1.80. The molecule has 2 nitrogen and oxygen atoms in total. The molecule has 0 bridgehead atoms. The fourth-order valence-corrected chi connectivity index (χ4v) is 2.02. The molecular formula is C16H12F2N2. The number of hydrogen-bond donors (Lipinski definition) is 1. The number of aromatic nitrogens is 2. The molecule has 3 rings (SSSR count). The molecule has 0 amide bonds. The maximum Gasteiger partial charge on any atom is 0.123 e. The lowest BCUT2D eigenvalue weighted by molar-refractivity contribution is 0.627. The Bertz CT molecular complexity index is 700. The van der Waals surface area contributed by atoms with Crippen molar-refractivity contribution in [2.75, 3.05) is 0 Å². The zero-order chi connectivity index (χ0) is 13.9. The Morgan fingerprint density at radius 2 is 1.45 bits per heavy atom. The van der Waals surface area contributed by atoms with Crippen molar-refractivity contribution >= 4 is 0 Å². The van der Waals surface area contributed by atoms with E-state index in [-0.39, 0.29) is 11.6 Å². The number of hydrogen-bond acceptors (Lipinski definition) is 1. The molecule has 0 aliphatic heterocycles. The van der Waals surface area contributed by atoms with Crippen LogP contribution in [0.3, 0.4) is 0 Å². The summed E-state index contributed by atoms with van der Waals surface area (Å²) in [7, 11) is 0. The summed E-state index contributed by atoms with van der Waals surface area (Å²) < 4.78 is 25.7. The van der Waals surface area contributed by atoms with Gasteiger partial charge in [0.05, 0.1) is 11.9 Å². The van der Waals surface area contributed by atoms with Gasteiger partial charge in [-0.2, -0.15) is 0 Å². The van der Waals surface area contributed by atoms with E-state index in [2.05, 4.69) is 9.97 Å². The van der Waals surface area contributed by atoms with Gasteiger partial charge in [0.1, 0.15) is 17.5 Å². The number of rotatable bonds is 3. The summed E-state index contributed by atoms with van der Waals surface area (Å²) in [4.78, 5) is 7.47. The molecule has 0 atom stereocenters. The first kappa shape index (κ1) is 12.5. The summed E-state index contributed by atoms with van der Waals surface area (Å²) in [6.07, 6.45) is 2.31. The second-order valence-electron chi connectivity index (χ2n) is 4.55. The molecule has 1 N–H and O–H groups in total. The number of benzene rings is 2. The standard InChI is InChI=1S/C16H12F2N2/c17-13-5-1-11(2-6-13)9-16-19-10-15(20-16)12-3-7-14(18)8-4-12/h1-8,10H,9H2,(H,19,20). The molecule has 20 heavy (non-hydrogen) atoms. The highest BCUT2D eigenvalue weighted by Gasteiger charge is 2.04. The van der Waals surface area contributed by atoms with E-state index in [1.165, 1.54) is 24.3 Å². The Morgan fingerprint density at radius 1 is 0.850 bits per heavy atom. The number of halogens is 2. The van der Waals surface area contributed by atoms with E-state index in [1.807, 2.05) is 0 Å². The molecule has 100 valence electrons. The van der Waals surface area contributed by atoms with Crippen molar-refractivity contribution < 1.29 is 8.78 Å². The average Bonchev–Trinajstić information content (AvgIpc) is 2.91. The van der Waals surface area contributed by atoms with Crippen LogP contribution in [0.25, 0.3) is 11.3 Å². The molecule has 1 aromatic heterocycles. The van der Waals surface area contributed by atoms with Gasteiger partial charge >= 0.3 is 0 Å². The lowest BCUT2D eigenvalue weighted by Crippen LogP contribution is -1.91. The van der Waals surface area contributed by atoms with Crippen LogP contribution in [0.5, 0.6) is 0 Å². The molecule has 0 aliphatic rings. The monoisotopic (exact) mass is 270 g/mol. The largest absolute Gasteiger partial charge is 0.342 e. The third-order valence-electron chi connectivity index (χ3n) is 3.07. The minimum atomic E-state index is -0.264. The number of imidazole rings is 1. The van der Waals surface area contributed by atoms with E-state index in [0.29, 0.717) is 6.42 Å². The molecule has 2 aromatic carbocycles. The third-order valence-corrected chi connectivity index (χ3v) is 3.07. The summed E-state index contributed by atoms with van der Waals surface area (Å²) in [5.41, 5.74) is 2.69. The Kier molecular flexibility index (Phi) is 3.29. The van der Waals surface area contributed by atoms with E-state index in [4.69, 9.17) is 0 Å². The minimum Gasteiger partial charge on any atom is -0.342 e. The Labute approximate surface area is 115 Å². The summed E-state index contributed by atoms with van der Waals surface area (Å²) in [6, 6.07) is 12.5. The van der Waals surface area contributed by atoms with Crippen LogP contribution in [0.2, 0.25) is 0 Å². The van der Waals surface area contributed by atoms with Gasteiger partial charge < -0.3 is 4.98 Å². The van der Waals surface area contributed by atoms with Gasteiger partial charge in [0, 0.05) is 6.42 Å². The zero-order valence-electron chi connectivity index (χ0n) is 10.6. The number of nitrogens with zero attached hydrogens (tertiary/aromatic N) is 1. The topological polar surface area (TPSA) is 28.7 Å². The summed E-state index contributed by atoms with van der Waals surface area (Å²) in [6.45, 7) is 0. The maximum absolute atomic E-state index is 12.9. The average molecular weight is 270 g/mol. The SMILES string of the molecule is Fc1ccc(Cc2ncc(-c3ccc(F)cc3)[nH]2)cc1. The van der Waals surface area contributed by atoms with Gasteiger partial charge in [-0.15, -0.1) is 0 Å². The highest BCUT2D eigenvalue weighted by Crippen LogP contribution is 2.18. The molecule has 0 aliphatic carbocycles. The molecular weight excluding hydrogens is 258 g/mol. The highest BCUT2D eigenvalue weighted by molar-refractivity contribution is 5.58. The molecule has 0 saturated carbocycles. The highest BCUT2D eigenvalue weighted by atomic mass is 19.1. The summed E-state index contributed by atoms with van der Waals surface area (Å²) >= 11 is 0. The van der Waals surface area contributed by atoms with Crippen LogP contribution in [0.15, 0.2) is 54.7 Å². The van der Waals surface area contributed by atoms with Crippen molar-refractivity contribution in [2.24, 2.45) is 0 Å². The number of H-pyrrole nitrogens is 1. The van der Waals surface area contributed by atoms with E-state index in [9.17, 15) is 8.78 Å². The molecule has 0 unspecified atom stereocenters. The normalized spacial score (nSPS) is 10.7. The number of aromatic amines is 1. The second-order valence-corrected chi connectivity index (χ2v) is 4.55. The van der Waals surface area contributed by atoms with Crippen LogP contribution in [-0.2, 0) is 6.42 Å². The van der Waals surface area contributed by atoms with Gasteiger partial charge in [-0.1, -0.05) is 12.1 Å². The first-order valence-electron chi connectivity index (χ1n) is 6.25. The quantitative estimate of drug-likeness (QED) is 0.767. The minimum absolute atomic E-state index is 0.250. The predicted molar refractivity (Wildman–Crippen MR) is 73.2 cm³/mol. The molecule has 1 heterocycles. The van der Waals surface area contributed by atoms with Gasteiger partial charge in [-0.3, -0.25) is 0 Å². The van der Waals surface area contributed by atoms with Gasteiger partial charge in [0.15, 0.2) is 0 Å². The molecule has 0 fully saturated rings. The van der Waals surface area contributed by atoms with Gasteiger partial charge in [-0.05, 0) is 47.5 Å². The molecule has 0 spiro atoms. The van der Waals surface area contributed by atoms with Gasteiger partial charge in [-0.25, -0.2) is 13.8 Å². The number of nitrogens with one attached hydrogen (secondary N) is 1. The van der Waals surface area contributed by atoms with Crippen LogP contribution < -0.4 is 0 Å². The fraction of sp³-hybridized carbons (Fsp3) is 0.0625. The van der Waals surface area contributed by atoms with Crippen molar-refractivity contribution in [1.82, 2.24) is 9.97 Å². The summed E-state index contributed by atoms with van der Waals surface area (Å²) in [5, 5.41) is 0. The Hall–Kier alpha value is -2.49. The van der Waals surface area contributed by atoms with Crippen molar-refractivity contribution in [3.05, 3.63) is 77.8 Å². The van der Waals surface area contributed by atoms with E-state index >= 15 is 0 Å². The molecule has 0 radical (unpaired) electrons. The van der Waals surface area contributed by atoms with E-state index < -0.39 is 0 Å². The van der Waals surface area contributed by atoms with Crippen LogP contribution in [-0.4, -0.2) is 9.97 Å². The van der Waals surface area contributed by atoms with Crippen molar-refractivity contribution in [3.63, 3.8) is 0 Å². The zero-order valence-corrected chi connectivity index (χ0v) is 10.6. The second kappa shape index (κ2) is 5.25. The third kappa shape index (κ3) is 2.74. The van der Waals surface area contributed by atoms with Crippen molar-refractivity contribution in [3.8, 4) is 11.3 Å². The predicted octanol–water partition coefficient (Wildman–Crippen LogP) is 3.95. The first-order chi connectivity index (χ1) is 9.70. The Morgan fingerprint density at radius 3 is 2.10 bits per heavy atom. The van der Waals surface area contributed by atoms with Crippen LogP contribution in [0, 0.1) is 11.6 Å². The smallest absolute Gasteiger partial charge is 0.123 e.